The number of hydrogen-bond donors (Lipinski definition) is 2. The van der Waals surface area contributed by atoms with Gasteiger partial charge in [-0.2, -0.15) is 0 Å². The van der Waals surface area contributed by atoms with E-state index < -0.39 is 17.9 Å². The van der Waals surface area contributed by atoms with E-state index in [1.54, 1.807) is 12.3 Å². The molecule has 28 heavy (non-hydrogen) atoms. The van der Waals surface area contributed by atoms with Gasteiger partial charge in [0.15, 0.2) is 0 Å². The molecule has 0 bridgehead atoms. The Morgan fingerprint density at radius 2 is 1.61 bits per heavy atom. The summed E-state index contributed by atoms with van der Waals surface area (Å²) < 4.78 is 0. The molecule has 3 N–H and O–H groups in total. The van der Waals surface area contributed by atoms with E-state index in [9.17, 15) is 9.59 Å². The molecule has 2 heterocycles. The molecule has 0 fully saturated rings. The Balaban J connectivity index is 1.55. The summed E-state index contributed by atoms with van der Waals surface area (Å²) in [6.07, 6.45) is 3.22. The zero-order chi connectivity index (χ0) is 19.5. The van der Waals surface area contributed by atoms with Crippen LogP contribution in [0.3, 0.4) is 0 Å². The van der Waals surface area contributed by atoms with Gasteiger partial charge < -0.3 is 11.1 Å². The van der Waals surface area contributed by atoms with Crippen molar-refractivity contribution in [3.05, 3.63) is 78.2 Å². The number of fused-ring (bicyclic) bond motifs is 2. The van der Waals surface area contributed by atoms with E-state index in [1.807, 2.05) is 48.5 Å². The van der Waals surface area contributed by atoms with Gasteiger partial charge in [-0.15, -0.1) is 0 Å². The predicted octanol–water partition coefficient (Wildman–Crippen LogP) is 2.00. The molecule has 4 aromatic rings. The fraction of sp³-hybridized carbons (Fsp3) is 0.0952. The van der Waals surface area contributed by atoms with Crippen molar-refractivity contribution in [1.82, 2.24) is 20.3 Å². The van der Waals surface area contributed by atoms with Crippen LogP contribution in [0.4, 0.5) is 0 Å². The highest BCUT2D eigenvalue weighted by Crippen LogP contribution is 2.13. The lowest BCUT2D eigenvalue weighted by Gasteiger charge is -2.15. The zero-order valence-corrected chi connectivity index (χ0v) is 14.9. The first kappa shape index (κ1) is 17.5. The molecular weight excluding hydrogens is 354 g/mol. The van der Waals surface area contributed by atoms with Gasteiger partial charge in [0, 0.05) is 24.2 Å². The lowest BCUT2D eigenvalue weighted by atomic mass is 10.1. The summed E-state index contributed by atoms with van der Waals surface area (Å²) in [4.78, 5) is 37.6. The van der Waals surface area contributed by atoms with E-state index in [1.165, 1.54) is 6.20 Å². The Labute approximate surface area is 160 Å². The van der Waals surface area contributed by atoms with Crippen LogP contribution in [-0.2, 0) is 11.2 Å². The number of rotatable bonds is 5. The maximum atomic E-state index is 12.6. The van der Waals surface area contributed by atoms with Crippen LogP contribution < -0.4 is 11.1 Å². The molecule has 138 valence electrons. The molecule has 0 saturated carbocycles. The molecule has 0 unspecified atom stereocenters. The van der Waals surface area contributed by atoms with E-state index in [-0.39, 0.29) is 6.42 Å². The molecule has 7 nitrogen and oxygen atoms in total. The monoisotopic (exact) mass is 371 g/mol. The summed E-state index contributed by atoms with van der Waals surface area (Å²) in [6.45, 7) is 0. The van der Waals surface area contributed by atoms with Crippen LogP contribution in [0.2, 0.25) is 0 Å². The van der Waals surface area contributed by atoms with E-state index in [2.05, 4.69) is 20.3 Å². The van der Waals surface area contributed by atoms with Crippen molar-refractivity contribution in [3.8, 4) is 0 Å². The first-order valence-electron chi connectivity index (χ1n) is 8.76. The fourth-order valence-corrected chi connectivity index (χ4v) is 2.96. The summed E-state index contributed by atoms with van der Waals surface area (Å²) in [7, 11) is 0. The van der Waals surface area contributed by atoms with Crippen molar-refractivity contribution >= 4 is 33.8 Å². The molecule has 0 radical (unpaired) electrons. The molecule has 0 aliphatic rings. The topological polar surface area (TPSA) is 111 Å². The molecule has 4 rings (SSSR count). The third-order valence-electron chi connectivity index (χ3n) is 4.41. The fourth-order valence-electron chi connectivity index (χ4n) is 2.96. The SMILES string of the molecule is NC(=O)[C@H](Cc1cnc2ccccc2n1)NC(=O)c1cnc2ccccc2c1. The van der Waals surface area contributed by atoms with Gasteiger partial charge in [-0.05, 0) is 24.3 Å². The molecule has 0 aliphatic heterocycles. The highest BCUT2D eigenvalue weighted by atomic mass is 16.2. The normalized spacial score (nSPS) is 12.0. The Kier molecular flexibility index (Phi) is 4.63. The minimum Gasteiger partial charge on any atom is -0.368 e. The van der Waals surface area contributed by atoms with Gasteiger partial charge in [0.05, 0.1) is 27.8 Å². The number of pyridine rings is 1. The Bertz CT molecular complexity index is 1190. The van der Waals surface area contributed by atoms with Gasteiger partial charge in [0.25, 0.3) is 5.91 Å². The smallest absolute Gasteiger partial charge is 0.253 e. The summed E-state index contributed by atoms with van der Waals surface area (Å²) >= 11 is 0. The van der Waals surface area contributed by atoms with Gasteiger partial charge >= 0.3 is 0 Å². The van der Waals surface area contributed by atoms with Crippen molar-refractivity contribution < 1.29 is 9.59 Å². The Hall–Kier alpha value is -3.87. The van der Waals surface area contributed by atoms with Crippen LogP contribution in [0, 0.1) is 0 Å². The van der Waals surface area contributed by atoms with E-state index in [0.29, 0.717) is 16.8 Å². The van der Waals surface area contributed by atoms with E-state index in [0.717, 1.165) is 16.4 Å². The minimum atomic E-state index is -0.908. The average Bonchev–Trinajstić information content (AvgIpc) is 2.72. The number of primary amides is 1. The van der Waals surface area contributed by atoms with E-state index in [4.69, 9.17) is 5.73 Å². The number of nitrogens with one attached hydrogen (secondary N) is 1. The van der Waals surface area contributed by atoms with Crippen molar-refractivity contribution in [2.75, 3.05) is 0 Å². The van der Waals surface area contributed by atoms with Crippen molar-refractivity contribution in [2.45, 2.75) is 12.5 Å². The number of amides is 2. The van der Waals surface area contributed by atoms with Crippen molar-refractivity contribution in [3.63, 3.8) is 0 Å². The summed E-state index contributed by atoms with van der Waals surface area (Å²) in [6, 6.07) is 15.7. The van der Waals surface area contributed by atoms with Gasteiger partial charge in [-0.1, -0.05) is 30.3 Å². The van der Waals surface area contributed by atoms with Gasteiger partial charge in [-0.3, -0.25) is 19.6 Å². The molecule has 2 aromatic heterocycles. The van der Waals surface area contributed by atoms with Gasteiger partial charge in [0.1, 0.15) is 6.04 Å². The van der Waals surface area contributed by atoms with Crippen LogP contribution in [0.1, 0.15) is 16.1 Å². The second kappa shape index (κ2) is 7.40. The minimum absolute atomic E-state index is 0.153. The van der Waals surface area contributed by atoms with Gasteiger partial charge in [0.2, 0.25) is 5.91 Å². The quantitative estimate of drug-likeness (QED) is 0.557. The second-order valence-electron chi connectivity index (χ2n) is 6.40. The summed E-state index contributed by atoms with van der Waals surface area (Å²) in [5.41, 5.74) is 8.68. The third-order valence-corrected chi connectivity index (χ3v) is 4.41. The number of carbonyl (C=O) groups is 2. The average molecular weight is 371 g/mol. The molecule has 2 amide bonds. The lowest BCUT2D eigenvalue weighted by molar-refractivity contribution is -0.119. The van der Waals surface area contributed by atoms with Crippen molar-refractivity contribution in [1.29, 1.82) is 0 Å². The maximum absolute atomic E-state index is 12.6. The molecule has 0 saturated heterocycles. The van der Waals surface area contributed by atoms with Gasteiger partial charge in [-0.25, -0.2) is 4.98 Å². The number of aromatic nitrogens is 3. The first-order chi connectivity index (χ1) is 13.6. The lowest BCUT2D eigenvalue weighted by Crippen LogP contribution is -2.46. The number of nitrogens with zero attached hydrogens (tertiary/aromatic N) is 3. The number of carbonyl (C=O) groups excluding carboxylic acids is 2. The standard InChI is InChI=1S/C21H17N5O2/c22-20(27)19(10-15-12-24-17-7-3-4-8-18(17)25-15)26-21(28)14-9-13-5-1-2-6-16(13)23-11-14/h1-9,11-12,19H,10H2,(H2,22,27)(H,26,28)/t19-/m0/s1. The molecule has 0 aliphatic carbocycles. The molecule has 1 atom stereocenters. The number of benzene rings is 2. The molecule has 2 aromatic carbocycles. The largest absolute Gasteiger partial charge is 0.368 e. The molecule has 0 spiro atoms. The highest BCUT2D eigenvalue weighted by molar-refractivity contribution is 5.99. The second-order valence-corrected chi connectivity index (χ2v) is 6.40. The third kappa shape index (κ3) is 3.64. The summed E-state index contributed by atoms with van der Waals surface area (Å²) in [5, 5.41) is 3.51. The number of para-hydroxylation sites is 3. The Morgan fingerprint density at radius 1 is 0.929 bits per heavy atom. The van der Waals surface area contributed by atoms with Crippen LogP contribution in [0.25, 0.3) is 21.9 Å². The van der Waals surface area contributed by atoms with Crippen LogP contribution in [0.5, 0.6) is 0 Å². The summed E-state index contributed by atoms with van der Waals surface area (Å²) in [5.74, 6) is -1.06. The van der Waals surface area contributed by atoms with Crippen LogP contribution in [0.15, 0.2) is 67.0 Å². The molecule has 7 heteroatoms. The Morgan fingerprint density at radius 3 is 2.39 bits per heavy atom. The van der Waals surface area contributed by atoms with E-state index >= 15 is 0 Å². The first-order valence-corrected chi connectivity index (χ1v) is 8.76. The zero-order valence-electron chi connectivity index (χ0n) is 14.9. The van der Waals surface area contributed by atoms with Crippen LogP contribution in [-0.4, -0.2) is 32.8 Å². The van der Waals surface area contributed by atoms with Crippen molar-refractivity contribution in [2.24, 2.45) is 5.73 Å². The number of hydrogen-bond acceptors (Lipinski definition) is 5. The maximum Gasteiger partial charge on any atom is 0.253 e. The molecular formula is C21H17N5O2. The highest BCUT2D eigenvalue weighted by Gasteiger charge is 2.21. The van der Waals surface area contributed by atoms with Crippen LogP contribution >= 0.6 is 0 Å². The number of nitrogens with two attached hydrogens (primary N) is 1. The predicted molar refractivity (Wildman–Crippen MR) is 105 cm³/mol.